The number of hydrogen-bond acceptors (Lipinski definition) is 5. The quantitative estimate of drug-likeness (QED) is 0.433. The third-order valence-corrected chi connectivity index (χ3v) is 3.15. The molecule has 0 aliphatic carbocycles. The van der Waals surface area contributed by atoms with E-state index < -0.39 is 5.91 Å². The van der Waals surface area contributed by atoms with Crippen LogP contribution < -0.4 is 14.9 Å². The fraction of sp³-hybridized carbons (Fsp3) is 0.333. The van der Waals surface area contributed by atoms with Crippen molar-refractivity contribution in [1.29, 1.82) is 0 Å². The lowest BCUT2D eigenvalue weighted by Gasteiger charge is -2.12. The minimum Gasteiger partial charge on any atom is -0.490 e. The van der Waals surface area contributed by atoms with Gasteiger partial charge in [-0.25, -0.2) is 5.43 Å². The molecule has 6 heteroatoms. The van der Waals surface area contributed by atoms with Gasteiger partial charge in [-0.2, -0.15) is 5.10 Å². The molecular formula is C18H22N2O4. The molecule has 6 nitrogen and oxygen atoms in total. The van der Waals surface area contributed by atoms with E-state index in [1.165, 1.54) is 6.26 Å². The highest BCUT2D eigenvalue weighted by Crippen LogP contribution is 2.28. The lowest BCUT2D eigenvalue weighted by Crippen LogP contribution is -2.16. The van der Waals surface area contributed by atoms with Gasteiger partial charge in [0.05, 0.1) is 25.7 Å². The largest absolute Gasteiger partial charge is 0.490 e. The summed E-state index contributed by atoms with van der Waals surface area (Å²) in [5, 5.41) is 3.92. The smallest absolute Gasteiger partial charge is 0.307 e. The average Bonchev–Trinajstić information content (AvgIpc) is 3.12. The molecule has 1 aromatic carbocycles. The van der Waals surface area contributed by atoms with Crippen molar-refractivity contribution in [3.8, 4) is 11.5 Å². The van der Waals surface area contributed by atoms with E-state index in [2.05, 4.69) is 17.5 Å². The highest BCUT2D eigenvalue weighted by Gasteiger charge is 2.07. The van der Waals surface area contributed by atoms with E-state index in [9.17, 15) is 4.79 Å². The van der Waals surface area contributed by atoms with Crippen LogP contribution in [0, 0.1) is 0 Å². The van der Waals surface area contributed by atoms with E-state index in [1.807, 2.05) is 25.1 Å². The number of nitrogens with one attached hydrogen (secondary N) is 1. The average molecular weight is 330 g/mol. The minimum absolute atomic E-state index is 0.210. The number of carbonyl (C=O) groups excluding carboxylic acids is 1. The molecule has 0 aliphatic heterocycles. The van der Waals surface area contributed by atoms with Crippen LogP contribution in [0.3, 0.4) is 0 Å². The van der Waals surface area contributed by atoms with Gasteiger partial charge in [-0.15, -0.1) is 0 Å². The van der Waals surface area contributed by atoms with Crippen LogP contribution in [0.5, 0.6) is 11.5 Å². The summed E-state index contributed by atoms with van der Waals surface area (Å²) >= 11 is 0. The fourth-order valence-electron chi connectivity index (χ4n) is 1.95. The first-order valence-corrected chi connectivity index (χ1v) is 8.01. The van der Waals surface area contributed by atoms with Gasteiger partial charge in [-0.05, 0) is 49.2 Å². The zero-order valence-electron chi connectivity index (χ0n) is 14.0. The molecule has 1 aromatic heterocycles. The first-order chi connectivity index (χ1) is 11.7. The normalized spacial score (nSPS) is 10.8. The van der Waals surface area contributed by atoms with Crippen molar-refractivity contribution in [1.82, 2.24) is 5.43 Å². The molecule has 24 heavy (non-hydrogen) atoms. The number of unbranched alkanes of at least 4 members (excludes halogenated alkanes) is 1. The number of benzene rings is 1. The highest BCUT2D eigenvalue weighted by atomic mass is 16.5. The Labute approximate surface area is 141 Å². The maximum Gasteiger partial charge on any atom is 0.307 e. The van der Waals surface area contributed by atoms with Crippen molar-refractivity contribution >= 4 is 12.1 Å². The summed E-state index contributed by atoms with van der Waals surface area (Å²) in [4.78, 5) is 11.7. The Morgan fingerprint density at radius 1 is 1.25 bits per heavy atom. The summed E-state index contributed by atoms with van der Waals surface area (Å²) in [5.74, 6) is 1.18. The lowest BCUT2D eigenvalue weighted by atomic mass is 10.2. The van der Waals surface area contributed by atoms with E-state index in [1.54, 1.807) is 18.3 Å². The number of nitrogens with zero attached hydrogens (tertiary/aromatic N) is 1. The molecule has 2 aromatic rings. The molecule has 0 bridgehead atoms. The van der Waals surface area contributed by atoms with Gasteiger partial charge in [0.25, 0.3) is 0 Å². The zero-order valence-corrected chi connectivity index (χ0v) is 14.0. The van der Waals surface area contributed by atoms with Crippen molar-refractivity contribution in [2.75, 3.05) is 13.2 Å². The van der Waals surface area contributed by atoms with Crippen molar-refractivity contribution in [3.05, 3.63) is 47.9 Å². The van der Waals surface area contributed by atoms with Crippen molar-refractivity contribution < 1.29 is 18.7 Å². The van der Waals surface area contributed by atoms with E-state index >= 15 is 0 Å². The summed E-state index contributed by atoms with van der Waals surface area (Å²) in [6.07, 6.45) is 5.04. The molecule has 1 heterocycles. The van der Waals surface area contributed by atoms with Gasteiger partial charge in [0, 0.05) is 0 Å². The van der Waals surface area contributed by atoms with Gasteiger partial charge in [-0.3, -0.25) is 4.79 Å². The van der Waals surface area contributed by atoms with Crippen LogP contribution in [-0.2, 0) is 0 Å². The zero-order chi connectivity index (χ0) is 17.2. The van der Waals surface area contributed by atoms with Crippen molar-refractivity contribution in [2.45, 2.75) is 26.7 Å². The molecule has 0 fully saturated rings. The molecule has 1 amide bonds. The van der Waals surface area contributed by atoms with Gasteiger partial charge >= 0.3 is 5.91 Å². The molecule has 0 unspecified atom stereocenters. The maximum absolute atomic E-state index is 11.7. The van der Waals surface area contributed by atoms with Crippen LogP contribution in [0.15, 0.2) is 46.1 Å². The lowest BCUT2D eigenvalue weighted by molar-refractivity contribution is 0.0927. The Morgan fingerprint density at radius 3 is 2.83 bits per heavy atom. The Kier molecular flexibility index (Phi) is 6.89. The van der Waals surface area contributed by atoms with Crippen LogP contribution >= 0.6 is 0 Å². The van der Waals surface area contributed by atoms with Gasteiger partial charge in [0.15, 0.2) is 17.3 Å². The first-order valence-electron chi connectivity index (χ1n) is 8.01. The minimum atomic E-state index is -0.402. The van der Waals surface area contributed by atoms with Crippen LogP contribution in [0.4, 0.5) is 0 Å². The van der Waals surface area contributed by atoms with Crippen LogP contribution in [-0.4, -0.2) is 25.3 Å². The third kappa shape index (κ3) is 5.15. The number of carbonyl (C=O) groups is 1. The standard InChI is InChI=1S/C18H22N2O4/c1-3-5-10-23-15-9-8-14(12-17(15)22-4-2)13-19-20-18(21)16-7-6-11-24-16/h6-9,11-13H,3-5,10H2,1-2H3,(H,20,21)/b19-13+. The van der Waals surface area contributed by atoms with Crippen LogP contribution in [0.25, 0.3) is 0 Å². The Bertz CT molecular complexity index is 666. The molecule has 2 rings (SSSR count). The van der Waals surface area contributed by atoms with E-state index in [0.717, 1.165) is 18.4 Å². The van der Waals surface area contributed by atoms with Crippen molar-refractivity contribution in [2.24, 2.45) is 5.10 Å². The number of ether oxygens (including phenoxy) is 2. The van der Waals surface area contributed by atoms with E-state index in [0.29, 0.717) is 24.7 Å². The van der Waals surface area contributed by atoms with Crippen LogP contribution in [0.2, 0.25) is 0 Å². The van der Waals surface area contributed by atoms with Gasteiger partial charge < -0.3 is 13.9 Å². The monoisotopic (exact) mass is 330 g/mol. The third-order valence-electron chi connectivity index (χ3n) is 3.15. The first kappa shape index (κ1) is 17.6. The summed E-state index contributed by atoms with van der Waals surface area (Å²) in [7, 11) is 0. The Hall–Kier alpha value is -2.76. The van der Waals surface area contributed by atoms with Crippen LogP contribution in [0.1, 0.15) is 42.8 Å². The Morgan fingerprint density at radius 2 is 2.12 bits per heavy atom. The van der Waals surface area contributed by atoms with Gasteiger partial charge in [0.2, 0.25) is 0 Å². The summed E-state index contributed by atoms with van der Waals surface area (Å²) in [5.41, 5.74) is 3.20. The maximum atomic E-state index is 11.7. The molecule has 1 N–H and O–H groups in total. The van der Waals surface area contributed by atoms with Crippen molar-refractivity contribution in [3.63, 3.8) is 0 Å². The summed E-state index contributed by atoms with van der Waals surface area (Å²) in [6.45, 7) is 5.23. The molecule has 0 radical (unpaired) electrons. The fourth-order valence-corrected chi connectivity index (χ4v) is 1.95. The molecule has 0 saturated carbocycles. The summed E-state index contributed by atoms with van der Waals surface area (Å²) in [6, 6.07) is 8.74. The second kappa shape index (κ2) is 9.39. The number of rotatable bonds is 9. The Balaban J connectivity index is 2.00. The highest BCUT2D eigenvalue weighted by molar-refractivity contribution is 5.92. The SMILES string of the molecule is CCCCOc1ccc(/C=N/NC(=O)c2ccco2)cc1OCC. The predicted molar refractivity (Wildman–Crippen MR) is 91.8 cm³/mol. The number of furan rings is 1. The van der Waals surface area contributed by atoms with Gasteiger partial charge in [0.1, 0.15) is 0 Å². The molecular weight excluding hydrogens is 308 g/mol. The second-order valence-corrected chi connectivity index (χ2v) is 5.02. The molecule has 0 aliphatic rings. The molecule has 0 saturated heterocycles. The number of hydrogen-bond donors (Lipinski definition) is 1. The number of amides is 1. The summed E-state index contributed by atoms with van der Waals surface area (Å²) < 4.78 is 16.3. The second-order valence-electron chi connectivity index (χ2n) is 5.02. The van der Waals surface area contributed by atoms with Gasteiger partial charge in [-0.1, -0.05) is 13.3 Å². The predicted octanol–water partition coefficient (Wildman–Crippen LogP) is 3.62. The molecule has 0 spiro atoms. The number of hydrazone groups is 1. The van der Waals surface area contributed by atoms with E-state index in [-0.39, 0.29) is 5.76 Å². The molecule has 0 atom stereocenters. The topological polar surface area (TPSA) is 73.1 Å². The molecule has 128 valence electrons. The van der Waals surface area contributed by atoms with E-state index in [4.69, 9.17) is 13.9 Å².